The lowest BCUT2D eigenvalue weighted by molar-refractivity contribution is 0.0652. The van der Waals surface area contributed by atoms with Gasteiger partial charge in [0.15, 0.2) is 11.1 Å². The van der Waals surface area contributed by atoms with E-state index in [4.69, 9.17) is 10.5 Å². The Morgan fingerprint density at radius 2 is 1.79 bits per heavy atom. The predicted octanol–water partition coefficient (Wildman–Crippen LogP) is 3.35. The molecule has 3 aromatic rings. The van der Waals surface area contributed by atoms with Gasteiger partial charge in [-0.15, -0.1) is 11.3 Å². The molecule has 0 fully saturated rings. The molecule has 4 rings (SSSR count). The second-order valence-corrected chi connectivity index (χ2v) is 8.37. The first-order chi connectivity index (χ1) is 16.1. The van der Waals surface area contributed by atoms with Gasteiger partial charge >= 0.3 is 0 Å². The van der Waals surface area contributed by atoms with Crippen molar-refractivity contribution in [2.24, 2.45) is 10.7 Å². The third kappa shape index (κ3) is 5.20. The zero-order valence-corrected chi connectivity index (χ0v) is 19.1. The summed E-state index contributed by atoms with van der Waals surface area (Å²) in [5.74, 6) is 0.684. The van der Waals surface area contributed by atoms with Crippen molar-refractivity contribution in [1.29, 1.82) is 0 Å². The van der Waals surface area contributed by atoms with Crippen LogP contribution >= 0.6 is 11.3 Å². The molecule has 9 heteroatoms. The van der Waals surface area contributed by atoms with Crippen molar-refractivity contribution in [1.82, 2.24) is 9.88 Å². The number of benzene rings is 2. The Balaban J connectivity index is 1.24. The molecule has 2 amide bonds. The number of anilines is 1. The SMILES string of the molecule is COc1ccccc1CCN=C(N)Nc1nc(CCCN2C(=O)c3ccccc3C2=O)cs1. The molecule has 0 bridgehead atoms. The molecule has 2 aromatic carbocycles. The second kappa shape index (κ2) is 10.3. The summed E-state index contributed by atoms with van der Waals surface area (Å²) in [6.45, 7) is 0.886. The van der Waals surface area contributed by atoms with Gasteiger partial charge in [-0.1, -0.05) is 30.3 Å². The Labute approximate surface area is 196 Å². The van der Waals surface area contributed by atoms with Gasteiger partial charge in [-0.2, -0.15) is 0 Å². The smallest absolute Gasteiger partial charge is 0.261 e. The largest absolute Gasteiger partial charge is 0.496 e. The van der Waals surface area contributed by atoms with Crippen LogP contribution in [0.25, 0.3) is 0 Å². The quantitative estimate of drug-likeness (QED) is 0.286. The Morgan fingerprint density at radius 1 is 1.09 bits per heavy atom. The maximum absolute atomic E-state index is 12.4. The van der Waals surface area contributed by atoms with Gasteiger partial charge in [0.25, 0.3) is 11.8 Å². The lowest BCUT2D eigenvalue weighted by Gasteiger charge is -2.12. The molecule has 0 spiro atoms. The van der Waals surface area contributed by atoms with Crippen molar-refractivity contribution in [2.75, 3.05) is 25.5 Å². The highest BCUT2D eigenvalue weighted by molar-refractivity contribution is 7.13. The summed E-state index contributed by atoms with van der Waals surface area (Å²) in [5, 5.41) is 5.61. The van der Waals surface area contributed by atoms with Gasteiger partial charge in [0.05, 0.1) is 23.9 Å². The topological polar surface area (TPSA) is 110 Å². The molecule has 0 radical (unpaired) electrons. The summed E-state index contributed by atoms with van der Waals surface area (Å²) in [6.07, 6.45) is 2.00. The minimum Gasteiger partial charge on any atom is -0.496 e. The first-order valence-electron chi connectivity index (χ1n) is 10.7. The van der Waals surface area contributed by atoms with Crippen LogP contribution in [0.2, 0.25) is 0 Å². The van der Waals surface area contributed by atoms with Crippen LogP contribution in [0.3, 0.4) is 0 Å². The number of methoxy groups -OCH3 is 1. The number of hydrogen-bond acceptors (Lipinski definition) is 6. The molecular weight excluding hydrogens is 438 g/mol. The third-order valence-electron chi connectivity index (χ3n) is 5.34. The first-order valence-corrected chi connectivity index (χ1v) is 11.5. The summed E-state index contributed by atoms with van der Waals surface area (Å²) in [5.41, 5.74) is 8.90. The first kappa shape index (κ1) is 22.5. The molecule has 0 saturated heterocycles. The Kier molecular flexibility index (Phi) is 6.99. The van der Waals surface area contributed by atoms with E-state index >= 15 is 0 Å². The van der Waals surface area contributed by atoms with Crippen LogP contribution in [-0.2, 0) is 12.8 Å². The van der Waals surface area contributed by atoms with Gasteiger partial charge in [-0.3, -0.25) is 19.5 Å². The molecular formula is C24H25N5O3S. The van der Waals surface area contributed by atoms with E-state index in [0.29, 0.717) is 54.6 Å². The highest BCUT2D eigenvalue weighted by atomic mass is 32.1. The number of para-hydroxylation sites is 1. The number of aromatic nitrogens is 1. The molecule has 0 aliphatic carbocycles. The standard InChI is InChI=1S/C24H25N5O3S/c1-32-20-11-5-2-7-16(20)12-13-26-23(25)28-24-27-17(15-33-24)8-6-14-29-21(30)18-9-3-4-10-19(18)22(29)31/h2-5,7,9-11,15H,6,8,12-14H2,1H3,(H3,25,26,27,28). The monoisotopic (exact) mass is 463 g/mol. The maximum atomic E-state index is 12.4. The summed E-state index contributed by atoms with van der Waals surface area (Å²) < 4.78 is 5.35. The lowest BCUT2D eigenvalue weighted by atomic mass is 10.1. The number of nitrogens with two attached hydrogens (primary N) is 1. The molecule has 3 N–H and O–H groups in total. The van der Waals surface area contributed by atoms with Gasteiger partial charge in [0.1, 0.15) is 5.75 Å². The zero-order valence-electron chi connectivity index (χ0n) is 18.3. The van der Waals surface area contributed by atoms with Crippen molar-refractivity contribution in [3.8, 4) is 5.75 Å². The number of nitrogens with one attached hydrogen (secondary N) is 1. The normalized spacial score (nSPS) is 13.4. The summed E-state index contributed by atoms with van der Waals surface area (Å²) in [6, 6.07) is 14.7. The molecule has 2 heterocycles. The Bertz CT molecular complexity index is 1160. The van der Waals surface area contributed by atoms with Crippen LogP contribution in [0.1, 0.15) is 38.4 Å². The summed E-state index contributed by atoms with van der Waals surface area (Å²) >= 11 is 1.44. The molecule has 1 aliphatic rings. The number of amides is 2. The van der Waals surface area contributed by atoms with Crippen molar-refractivity contribution in [3.05, 3.63) is 76.3 Å². The van der Waals surface area contributed by atoms with Crippen LogP contribution in [0, 0.1) is 0 Å². The number of nitrogens with zero attached hydrogens (tertiary/aromatic N) is 3. The highest BCUT2D eigenvalue weighted by Gasteiger charge is 2.34. The molecule has 0 atom stereocenters. The van der Waals surface area contributed by atoms with Gasteiger partial charge in [-0.05, 0) is 43.0 Å². The van der Waals surface area contributed by atoms with E-state index in [0.717, 1.165) is 17.0 Å². The van der Waals surface area contributed by atoms with E-state index < -0.39 is 0 Å². The van der Waals surface area contributed by atoms with Gasteiger partial charge in [0, 0.05) is 18.5 Å². The van der Waals surface area contributed by atoms with Gasteiger partial charge in [-0.25, -0.2) is 4.98 Å². The van der Waals surface area contributed by atoms with E-state index in [9.17, 15) is 9.59 Å². The van der Waals surface area contributed by atoms with E-state index in [1.54, 1.807) is 31.4 Å². The number of thiazole rings is 1. The minimum atomic E-state index is -0.228. The van der Waals surface area contributed by atoms with Gasteiger partial charge < -0.3 is 15.8 Å². The number of imide groups is 1. The summed E-state index contributed by atoms with van der Waals surface area (Å²) in [4.78, 5) is 35.1. The predicted molar refractivity (Wildman–Crippen MR) is 129 cm³/mol. The fourth-order valence-corrected chi connectivity index (χ4v) is 4.45. The van der Waals surface area contributed by atoms with Gasteiger partial charge in [0.2, 0.25) is 0 Å². The Hall–Kier alpha value is -3.72. The van der Waals surface area contributed by atoms with Crippen molar-refractivity contribution < 1.29 is 14.3 Å². The number of ether oxygens (including phenoxy) is 1. The molecule has 0 unspecified atom stereocenters. The number of aliphatic imine (C=N–C) groups is 1. The summed E-state index contributed by atoms with van der Waals surface area (Å²) in [7, 11) is 1.65. The highest BCUT2D eigenvalue weighted by Crippen LogP contribution is 2.23. The van der Waals surface area contributed by atoms with E-state index in [-0.39, 0.29) is 11.8 Å². The molecule has 1 aromatic heterocycles. The Morgan fingerprint density at radius 3 is 2.52 bits per heavy atom. The second-order valence-electron chi connectivity index (χ2n) is 7.51. The van der Waals surface area contributed by atoms with Crippen LogP contribution in [0.4, 0.5) is 5.13 Å². The van der Waals surface area contributed by atoms with Crippen molar-refractivity contribution >= 4 is 34.2 Å². The van der Waals surface area contributed by atoms with Crippen LogP contribution in [-0.4, -0.2) is 47.9 Å². The molecule has 170 valence electrons. The fourth-order valence-electron chi connectivity index (χ4n) is 3.70. The number of carbonyl (C=O) groups excluding carboxylic acids is 2. The fraction of sp³-hybridized carbons (Fsp3) is 0.250. The van der Waals surface area contributed by atoms with Crippen LogP contribution < -0.4 is 15.8 Å². The minimum absolute atomic E-state index is 0.228. The number of aryl methyl sites for hydroxylation is 1. The van der Waals surface area contributed by atoms with E-state index in [2.05, 4.69) is 15.3 Å². The lowest BCUT2D eigenvalue weighted by Crippen LogP contribution is -2.31. The average Bonchev–Trinajstić information content (AvgIpc) is 3.37. The number of guanidine groups is 1. The number of carbonyl (C=O) groups is 2. The van der Waals surface area contributed by atoms with Crippen molar-refractivity contribution in [2.45, 2.75) is 19.3 Å². The molecule has 0 saturated carbocycles. The zero-order chi connectivity index (χ0) is 23.2. The van der Waals surface area contributed by atoms with E-state index in [1.165, 1.54) is 16.2 Å². The number of hydrogen-bond donors (Lipinski definition) is 2. The van der Waals surface area contributed by atoms with Crippen molar-refractivity contribution in [3.63, 3.8) is 0 Å². The van der Waals surface area contributed by atoms with Crippen LogP contribution in [0.5, 0.6) is 5.75 Å². The molecule has 8 nitrogen and oxygen atoms in total. The average molecular weight is 464 g/mol. The number of rotatable bonds is 9. The third-order valence-corrected chi connectivity index (χ3v) is 6.14. The number of fused-ring (bicyclic) bond motifs is 1. The van der Waals surface area contributed by atoms with Crippen LogP contribution in [0.15, 0.2) is 58.9 Å². The molecule has 1 aliphatic heterocycles. The maximum Gasteiger partial charge on any atom is 0.261 e. The molecule has 33 heavy (non-hydrogen) atoms. The van der Waals surface area contributed by atoms with E-state index in [1.807, 2.05) is 29.6 Å².